The topological polar surface area (TPSA) is 58.6 Å². The van der Waals surface area contributed by atoms with Crippen LogP contribution in [0.3, 0.4) is 0 Å². The third kappa shape index (κ3) is 3.66. The smallest absolute Gasteiger partial charge is 0.214 e. The van der Waals surface area contributed by atoms with E-state index in [0.29, 0.717) is 31.6 Å². The Morgan fingerprint density at radius 2 is 1.94 bits per heavy atom. The van der Waals surface area contributed by atoms with Gasteiger partial charge in [0.25, 0.3) is 0 Å². The molecule has 2 aliphatic rings. The molecule has 6 heteroatoms. The molecule has 2 aliphatic heterocycles. The van der Waals surface area contributed by atoms with Gasteiger partial charge in [-0.15, -0.1) is 0 Å². The van der Waals surface area contributed by atoms with Crippen molar-refractivity contribution < 1.29 is 13.2 Å². The van der Waals surface area contributed by atoms with Crippen LogP contribution in [0.15, 0.2) is 0 Å². The molecule has 2 rings (SSSR count). The molecule has 0 amide bonds. The van der Waals surface area contributed by atoms with Gasteiger partial charge in [-0.1, -0.05) is 6.92 Å². The quantitative estimate of drug-likeness (QED) is 0.797. The highest BCUT2D eigenvalue weighted by molar-refractivity contribution is 7.89. The molecular weight excluding hydrogens is 252 g/mol. The summed E-state index contributed by atoms with van der Waals surface area (Å²) in [7, 11) is -3.00. The summed E-state index contributed by atoms with van der Waals surface area (Å²) in [5, 5.41) is 3.58. The number of hydrogen-bond acceptors (Lipinski definition) is 4. The van der Waals surface area contributed by atoms with E-state index < -0.39 is 10.0 Å². The zero-order valence-corrected chi connectivity index (χ0v) is 11.9. The van der Waals surface area contributed by atoms with Crippen molar-refractivity contribution in [1.82, 2.24) is 9.62 Å². The number of sulfonamides is 1. The minimum absolute atomic E-state index is 0.279. The second kappa shape index (κ2) is 6.32. The first-order chi connectivity index (χ1) is 8.62. The molecule has 2 fully saturated rings. The van der Waals surface area contributed by atoms with Crippen LogP contribution in [0, 0.1) is 0 Å². The summed E-state index contributed by atoms with van der Waals surface area (Å²) in [6, 6.07) is 0.915. The summed E-state index contributed by atoms with van der Waals surface area (Å²) < 4.78 is 30.8. The maximum Gasteiger partial charge on any atom is 0.214 e. The van der Waals surface area contributed by atoms with Gasteiger partial charge in [0.2, 0.25) is 10.0 Å². The Bertz CT molecular complexity index is 344. The molecule has 0 radical (unpaired) electrons. The molecule has 2 heterocycles. The highest BCUT2D eigenvalue weighted by atomic mass is 32.2. The number of rotatable bonds is 5. The molecule has 106 valence electrons. The number of nitrogens with zero attached hydrogens (tertiary/aromatic N) is 1. The molecule has 1 unspecified atom stereocenters. The highest BCUT2D eigenvalue weighted by Gasteiger charge is 2.28. The lowest BCUT2D eigenvalue weighted by atomic mass is 10.1. The largest absolute Gasteiger partial charge is 0.380 e. The van der Waals surface area contributed by atoms with E-state index in [1.807, 2.05) is 6.92 Å². The van der Waals surface area contributed by atoms with Crippen LogP contribution < -0.4 is 5.32 Å². The van der Waals surface area contributed by atoms with Crippen LogP contribution in [0.4, 0.5) is 0 Å². The molecule has 0 aromatic rings. The van der Waals surface area contributed by atoms with Crippen LogP contribution in [0.1, 0.15) is 32.6 Å². The third-order valence-electron chi connectivity index (χ3n) is 3.71. The normalized spacial score (nSPS) is 27.7. The zero-order chi connectivity index (χ0) is 13.0. The van der Waals surface area contributed by atoms with Crippen molar-refractivity contribution in [3.05, 3.63) is 0 Å². The van der Waals surface area contributed by atoms with Gasteiger partial charge in [0.15, 0.2) is 0 Å². The SMILES string of the molecule is CCCS(=O)(=O)N1CCC(NC2CCOC2)CC1. The maximum absolute atomic E-state index is 11.9. The average Bonchev–Trinajstić information content (AvgIpc) is 2.82. The fourth-order valence-electron chi connectivity index (χ4n) is 2.69. The van der Waals surface area contributed by atoms with Gasteiger partial charge in [-0.05, 0) is 25.7 Å². The fourth-order valence-corrected chi connectivity index (χ4v) is 4.23. The third-order valence-corrected chi connectivity index (χ3v) is 5.79. The van der Waals surface area contributed by atoms with Crippen LogP contribution in [0.5, 0.6) is 0 Å². The Morgan fingerprint density at radius 1 is 1.22 bits per heavy atom. The monoisotopic (exact) mass is 276 g/mol. The zero-order valence-electron chi connectivity index (χ0n) is 11.1. The molecule has 0 aromatic carbocycles. The van der Waals surface area contributed by atoms with Crippen molar-refractivity contribution in [3.63, 3.8) is 0 Å². The summed E-state index contributed by atoms with van der Waals surface area (Å²) in [4.78, 5) is 0. The van der Waals surface area contributed by atoms with Crippen molar-refractivity contribution in [3.8, 4) is 0 Å². The van der Waals surface area contributed by atoms with Crippen LogP contribution >= 0.6 is 0 Å². The van der Waals surface area contributed by atoms with E-state index in [9.17, 15) is 8.42 Å². The summed E-state index contributed by atoms with van der Waals surface area (Å²) in [5.74, 6) is 0.279. The minimum Gasteiger partial charge on any atom is -0.380 e. The molecule has 0 bridgehead atoms. The lowest BCUT2D eigenvalue weighted by Crippen LogP contribution is -2.48. The molecule has 0 aliphatic carbocycles. The van der Waals surface area contributed by atoms with Crippen molar-refractivity contribution in [2.75, 3.05) is 32.1 Å². The van der Waals surface area contributed by atoms with Gasteiger partial charge in [-0.3, -0.25) is 0 Å². The summed E-state index contributed by atoms with van der Waals surface area (Å²) in [6.07, 6.45) is 3.60. The standard InChI is InChI=1S/C12H24N2O3S/c1-2-9-18(15,16)14-6-3-11(4-7-14)13-12-5-8-17-10-12/h11-13H,2-10H2,1H3. The first-order valence-corrected chi connectivity index (χ1v) is 8.54. The van der Waals surface area contributed by atoms with Gasteiger partial charge in [0.1, 0.15) is 0 Å². The van der Waals surface area contributed by atoms with E-state index in [1.54, 1.807) is 4.31 Å². The molecular formula is C12H24N2O3S. The maximum atomic E-state index is 11.9. The van der Waals surface area contributed by atoms with Gasteiger partial charge < -0.3 is 10.1 Å². The van der Waals surface area contributed by atoms with E-state index in [4.69, 9.17) is 4.74 Å². The Labute approximate surface area is 110 Å². The second-order valence-electron chi connectivity index (χ2n) is 5.22. The van der Waals surface area contributed by atoms with Gasteiger partial charge in [0, 0.05) is 31.8 Å². The summed E-state index contributed by atoms with van der Waals surface area (Å²) >= 11 is 0. The molecule has 2 saturated heterocycles. The number of ether oxygens (including phenoxy) is 1. The van der Waals surface area contributed by atoms with Crippen LogP contribution in [-0.4, -0.2) is 56.9 Å². The van der Waals surface area contributed by atoms with Gasteiger partial charge in [-0.2, -0.15) is 0 Å². The average molecular weight is 276 g/mol. The molecule has 0 aromatic heterocycles. The molecule has 18 heavy (non-hydrogen) atoms. The molecule has 1 N–H and O–H groups in total. The molecule has 0 saturated carbocycles. The van der Waals surface area contributed by atoms with E-state index in [0.717, 1.165) is 32.5 Å². The van der Waals surface area contributed by atoms with Crippen molar-refractivity contribution in [1.29, 1.82) is 0 Å². The van der Waals surface area contributed by atoms with Crippen LogP contribution in [0.2, 0.25) is 0 Å². The van der Waals surface area contributed by atoms with Crippen molar-refractivity contribution >= 4 is 10.0 Å². The van der Waals surface area contributed by atoms with E-state index in [1.165, 1.54) is 0 Å². The molecule has 5 nitrogen and oxygen atoms in total. The lowest BCUT2D eigenvalue weighted by molar-refractivity contribution is 0.184. The lowest BCUT2D eigenvalue weighted by Gasteiger charge is -2.32. The highest BCUT2D eigenvalue weighted by Crippen LogP contribution is 2.16. The van der Waals surface area contributed by atoms with Crippen LogP contribution in [0.25, 0.3) is 0 Å². The summed E-state index contributed by atoms with van der Waals surface area (Å²) in [5.41, 5.74) is 0. The Kier molecular flexibility index (Phi) is 5.00. The van der Waals surface area contributed by atoms with Gasteiger partial charge >= 0.3 is 0 Å². The predicted octanol–water partition coefficient (Wildman–Crippen LogP) is 0.569. The first-order valence-electron chi connectivity index (χ1n) is 6.93. The Morgan fingerprint density at radius 3 is 2.50 bits per heavy atom. The number of nitrogens with one attached hydrogen (secondary N) is 1. The van der Waals surface area contributed by atoms with E-state index >= 15 is 0 Å². The van der Waals surface area contributed by atoms with E-state index in [2.05, 4.69) is 5.32 Å². The predicted molar refractivity (Wildman–Crippen MR) is 71.0 cm³/mol. The Hall–Kier alpha value is -0.170. The molecule has 1 atom stereocenters. The molecule has 0 spiro atoms. The number of hydrogen-bond donors (Lipinski definition) is 1. The second-order valence-corrected chi connectivity index (χ2v) is 7.30. The van der Waals surface area contributed by atoms with Gasteiger partial charge in [0.05, 0.1) is 12.4 Å². The fraction of sp³-hybridized carbons (Fsp3) is 1.00. The van der Waals surface area contributed by atoms with Gasteiger partial charge in [-0.25, -0.2) is 12.7 Å². The Balaban J connectivity index is 1.77. The number of piperidine rings is 1. The van der Waals surface area contributed by atoms with E-state index in [-0.39, 0.29) is 5.75 Å². The van der Waals surface area contributed by atoms with Crippen molar-refractivity contribution in [2.45, 2.75) is 44.7 Å². The van der Waals surface area contributed by atoms with Crippen LogP contribution in [-0.2, 0) is 14.8 Å². The van der Waals surface area contributed by atoms with Crippen molar-refractivity contribution in [2.24, 2.45) is 0 Å². The first kappa shape index (κ1) is 14.2. The minimum atomic E-state index is -3.00. The summed E-state index contributed by atoms with van der Waals surface area (Å²) in [6.45, 7) is 4.88.